The van der Waals surface area contributed by atoms with E-state index in [1.165, 1.54) is 25.3 Å². The number of hydrogen-bond donors (Lipinski definition) is 0. The first kappa shape index (κ1) is 16.7. The van der Waals surface area contributed by atoms with Crippen molar-refractivity contribution in [1.82, 2.24) is 0 Å². The van der Waals surface area contributed by atoms with Crippen LogP contribution in [0, 0.1) is 18.6 Å². The smallest absolute Gasteiger partial charge is 0.264 e. The second-order valence-corrected chi connectivity index (χ2v) is 7.59. The first-order valence-electron chi connectivity index (χ1n) is 7.50. The first-order valence-corrected chi connectivity index (χ1v) is 8.94. The zero-order valence-electron chi connectivity index (χ0n) is 13.3. The maximum absolute atomic E-state index is 14.4. The van der Waals surface area contributed by atoms with Crippen molar-refractivity contribution in [3.05, 3.63) is 53.1 Å². The van der Waals surface area contributed by atoms with E-state index in [0.29, 0.717) is 18.4 Å². The van der Waals surface area contributed by atoms with Gasteiger partial charge in [-0.1, -0.05) is 6.07 Å². The molecule has 0 bridgehead atoms. The molecule has 0 spiro atoms. The van der Waals surface area contributed by atoms with Crippen molar-refractivity contribution in [2.45, 2.75) is 24.7 Å². The van der Waals surface area contributed by atoms with Gasteiger partial charge in [-0.25, -0.2) is 17.2 Å². The van der Waals surface area contributed by atoms with E-state index in [-0.39, 0.29) is 22.9 Å². The lowest BCUT2D eigenvalue weighted by Crippen LogP contribution is -2.36. The summed E-state index contributed by atoms with van der Waals surface area (Å²) in [7, 11) is -2.76. The summed E-state index contributed by atoms with van der Waals surface area (Å²) in [5, 5.41) is 0. The Kier molecular flexibility index (Phi) is 4.21. The molecule has 7 heteroatoms. The summed E-state index contributed by atoms with van der Waals surface area (Å²) in [4.78, 5) is -0.228. The summed E-state index contributed by atoms with van der Waals surface area (Å²) in [5.74, 6) is -1.41. The van der Waals surface area contributed by atoms with Gasteiger partial charge in [-0.05, 0) is 55.2 Å². The van der Waals surface area contributed by atoms with Crippen molar-refractivity contribution in [3.63, 3.8) is 0 Å². The Bertz CT molecular complexity index is 897. The van der Waals surface area contributed by atoms with Gasteiger partial charge in [-0.2, -0.15) is 0 Å². The number of hydrogen-bond acceptors (Lipinski definition) is 3. The third kappa shape index (κ3) is 2.73. The number of sulfonamides is 1. The minimum atomic E-state index is -4.06. The van der Waals surface area contributed by atoms with Crippen LogP contribution in [0.25, 0.3) is 0 Å². The van der Waals surface area contributed by atoms with Crippen molar-refractivity contribution >= 4 is 15.7 Å². The maximum atomic E-state index is 14.4. The molecule has 0 aromatic heterocycles. The van der Waals surface area contributed by atoms with Crippen LogP contribution in [0.5, 0.6) is 5.75 Å². The van der Waals surface area contributed by atoms with Gasteiger partial charge < -0.3 is 4.74 Å². The molecule has 0 saturated heterocycles. The summed E-state index contributed by atoms with van der Waals surface area (Å²) >= 11 is 0. The van der Waals surface area contributed by atoms with Crippen LogP contribution in [-0.4, -0.2) is 22.1 Å². The molecule has 0 N–H and O–H groups in total. The predicted molar refractivity (Wildman–Crippen MR) is 86.9 cm³/mol. The van der Waals surface area contributed by atoms with Crippen LogP contribution in [0.3, 0.4) is 0 Å². The summed E-state index contributed by atoms with van der Waals surface area (Å²) in [6.45, 7) is 1.92. The molecule has 0 radical (unpaired) electrons. The van der Waals surface area contributed by atoms with Gasteiger partial charge in [-0.3, -0.25) is 4.31 Å². The molecule has 2 aromatic carbocycles. The Morgan fingerprint density at radius 2 is 1.88 bits per heavy atom. The predicted octanol–water partition coefficient (Wildman–Crippen LogP) is 3.42. The van der Waals surface area contributed by atoms with E-state index in [2.05, 4.69) is 0 Å². The molecule has 0 amide bonds. The van der Waals surface area contributed by atoms with E-state index in [4.69, 9.17) is 4.74 Å². The Morgan fingerprint density at radius 3 is 2.54 bits per heavy atom. The van der Waals surface area contributed by atoms with Gasteiger partial charge in [0.15, 0.2) is 11.6 Å². The van der Waals surface area contributed by atoms with Gasteiger partial charge in [0.2, 0.25) is 0 Å². The lowest BCUT2D eigenvalue weighted by atomic mass is 10.0. The van der Waals surface area contributed by atoms with Gasteiger partial charge in [0.1, 0.15) is 5.82 Å². The molecule has 0 fully saturated rings. The molecule has 24 heavy (non-hydrogen) atoms. The number of methoxy groups -OCH3 is 1. The maximum Gasteiger partial charge on any atom is 0.264 e. The van der Waals surface area contributed by atoms with Gasteiger partial charge in [0, 0.05) is 6.54 Å². The standard InChI is InChI=1S/C17H17F2NO3S/c1-11-8-12-4-3-7-20(17(12)15(19)9-11)24(21,22)13-5-6-16(23-2)14(18)10-13/h5-6,8-10H,3-4,7H2,1-2H3. The molecule has 0 unspecified atom stereocenters. The fourth-order valence-electron chi connectivity index (χ4n) is 2.98. The second kappa shape index (κ2) is 6.05. The Morgan fingerprint density at radius 1 is 1.12 bits per heavy atom. The van der Waals surface area contributed by atoms with Gasteiger partial charge in [0.25, 0.3) is 10.0 Å². The molecule has 0 aliphatic carbocycles. The fourth-order valence-corrected chi connectivity index (χ4v) is 4.54. The largest absolute Gasteiger partial charge is 0.494 e. The number of halogens is 2. The van der Waals surface area contributed by atoms with E-state index in [9.17, 15) is 17.2 Å². The Balaban J connectivity index is 2.11. The van der Waals surface area contributed by atoms with E-state index in [0.717, 1.165) is 15.9 Å². The molecular formula is C17H17F2NO3S. The average Bonchev–Trinajstić information content (AvgIpc) is 2.53. The van der Waals surface area contributed by atoms with Crippen molar-refractivity contribution in [2.24, 2.45) is 0 Å². The monoisotopic (exact) mass is 353 g/mol. The van der Waals surface area contributed by atoms with Crippen molar-refractivity contribution in [3.8, 4) is 5.75 Å². The summed E-state index contributed by atoms with van der Waals surface area (Å²) in [5.41, 5.74) is 1.44. The number of aryl methyl sites for hydroxylation is 2. The van der Waals surface area contributed by atoms with Crippen LogP contribution >= 0.6 is 0 Å². The number of nitrogens with zero attached hydrogens (tertiary/aromatic N) is 1. The van der Waals surface area contributed by atoms with Crippen LogP contribution < -0.4 is 9.04 Å². The number of anilines is 1. The van der Waals surface area contributed by atoms with Crippen LogP contribution in [0.15, 0.2) is 35.2 Å². The molecule has 3 rings (SSSR count). The zero-order chi connectivity index (χ0) is 17.5. The third-order valence-corrected chi connectivity index (χ3v) is 5.85. The van der Waals surface area contributed by atoms with Crippen molar-refractivity contribution in [1.29, 1.82) is 0 Å². The number of fused-ring (bicyclic) bond motifs is 1. The molecule has 0 atom stereocenters. The SMILES string of the molecule is COc1ccc(S(=O)(=O)N2CCCc3cc(C)cc(F)c32)cc1F. The second-order valence-electron chi connectivity index (χ2n) is 5.73. The van der Waals surface area contributed by atoms with E-state index in [1.54, 1.807) is 13.0 Å². The van der Waals surface area contributed by atoms with Crippen LogP contribution in [0.1, 0.15) is 17.5 Å². The van der Waals surface area contributed by atoms with Crippen LogP contribution in [-0.2, 0) is 16.4 Å². The summed E-state index contributed by atoms with van der Waals surface area (Å²) < 4.78 is 59.9. The summed E-state index contributed by atoms with van der Waals surface area (Å²) in [6.07, 6.45) is 1.19. The van der Waals surface area contributed by atoms with E-state index in [1.807, 2.05) is 0 Å². The molecule has 1 heterocycles. The molecule has 1 aliphatic rings. The van der Waals surface area contributed by atoms with Crippen LogP contribution in [0.4, 0.5) is 14.5 Å². The fraction of sp³-hybridized carbons (Fsp3) is 0.294. The number of ether oxygens (including phenoxy) is 1. The number of rotatable bonds is 3. The van der Waals surface area contributed by atoms with E-state index < -0.39 is 21.7 Å². The Hall–Kier alpha value is -2.15. The number of benzene rings is 2. The average molecular weight is 353 g/mol. The van der Waals surface area contributed by atoms with Gasteiger partial charge >= 0.3 is 0 Å². The lowest BCUT2D eigenvalue weighted by Gasteiger charge is -2.31. The molecule has 1 aliphatic heterocycles. The topological polar surface area (TPSA) is 46.6 Å². The van der Waals surface area contributed by atoms with Gasteiger partial charge in [0.05, 0.1) is 17.7 Å². The minimum Gasteiger partial charge on any atom is -0.494 e. The molecule has 2 aromatic rings. The zero-order valence-corrected chi connectivity index (χ0v) is 14.2. The normalized spacial score (nSPS) is 14.4. The highest BCUT2D eigenvalue weighted by molar-refractivity contribution is 7.92. The van der Waals surface area contributed by atoms with Gasteiger partial charge in [-0.15, -0.1) is 0 Å². The third-order valence-electron chi connectivity index (χ3n) is 4.05. The van der Waals surface area contributed by atoms with Crippen molar-refractivity contribution < 1.29 is 21.9 Å². The minimum absolute atomic E-state index is 0.0465. The van der Waals surface area contributed by atoms with Crippen molar-refractivity contribution in [2.75, 3.05) is 18.0 Å². The quantitative estimate of drug-likeness (QED) is 0.849. The molecule has 0 saturated carbocycles. The summed E-state index contributed by atoms with van der Waals surface area (Å²) in [6, 6.07) is 6.50. The molecular weight excluding hydrogens is 336 g/mol. The highest BCUT2D eigenvalue weighted by Gasteiger charge is 2.32. The molecule has 4 nitrogen and oxygen atoms in total. The highest BCUT2D eigenvalue weighted by atomic mass is 32.2. The highest BCUT2D eigenvalue weighted by Crippen LogP contribution is 2.35. The van der Waals surface area contributed by atoms with Crippen LogP contribution in [0.2, 0.25) is 0 Å². The first-order chi connectivity index (χ1) is 11.3. The Labute approximate surface area is 139 Å². The molecule has 128 valence electrons. The van der Waals surface area contributed by atoms with E-state index >= 15 is 0 Å². The lowest BCUT2D eigenvalue weighted by molar-refractivity contribution is 0.385.